The van der Waals surface area contributed by atoms with Crippen LogP contribution in [0, 0.1) is 6.92 Å². The number of thiophene rings is 1. The molecule has 18 heavy (non-hydrogen) atoms. The van der Waals surface area contributed by atoms with E-state index in [1.54, 1.807) is 23.6 Å². The molecule has 0 atom stereocenters. The summed E-state index contributed by atoms with van der Waals surface area (Å²) in [6.45, 7) is 3.72. The number of aliphatic imine (C=N–C) groups is 1. The number of hydrogen-bond acceptors (Lipinski definition) is 4. The first kappa shape index (κ1) is 12.4. The number of aromatic nitrogens is 1. The number of nitrogens with two attached hydrogens (primary N) is 1. The zero-order chi connectivity index (χ0) is 13.1. The summed E-state index contributed by atoms with van der Waals surface area (Å²) in [5.41, 5.74) is 7.84. The normalized spacial score (nSPS) is 11.6. The van der Waals surface area contributed by atoms with E-state index in [0.717, 1.165) is 10.6 Å². The first-order chi connectivity index (χ1) is 8.59. The predicted octanol–water partition coefficient (Wildman–Crippen LogP) is 2.69. The van der Waals surface area contributed by atoms with Gasteiger partial charge in [0.25, 0.3) is 5.91 Å². The van der Waals surface area contributed by atoms with Gasteiger partial charge in [0.15, 0.2) is 0 Å². The van der Waals surface area contributed by atoms with Gasteiger partial charge in [-0.05, 0) is 31.4 Å². The zero-order valence-corrected chi connectivity index (χ0v) is 11.0. The van der Waals surface area contributed by atoms with Crippen molar-refractivity contribution >= 4 is 28.6 Å². The number of aryl methyl sites for hydroxylation is 1. The second kappa shape index (κ2) is 5.10. The lowest BCUT2D eigenvalue weighted by Gasteiger charge is -2.05. The molecule has 2 aromatic rings. The van der Waals surface area contributed by atoms with Crippen LogP contribution in [0.1, 0.15) is 27.9 Å². The third-order valence-electron chi connectivity index (χ3n) is 2.53. The summed E-state index contributed by atoms with van der Waals surface area (Å²) in [4.78, 5) is 21.1. The zero-order valence-electron chi connectivity index (χ0n) is 10.2. The Morgan fingerprint density at radius 2 is 2.22 bits per heavy atom. The molecule has 4 nitrogen and oxygen atoms in total. The summed E-state index contributed by atoms with van der Waals surface area (Å²) >= 11 is 1.60. The van der Waals surface area contributed by atoms with Crippen LogP contribution >= 0.6 is 11.3 Å². The van der Waals surface area contributed by atoms with Crippen molar-refractivity contribution in [2.75, 3.05) is 0 Å². The second-order valence-corrected chi connectivity index (χ2v) is 4.78. The minimum absolute atomic E-state index is 0.401. The van der Waals surface area contributed by atoms with E-state index < -0.39 is 5.91 Å². The highest BCUT2D eigenvalue weighted by atomic mass is 32.1. The molecule has 2 heterocycles. The van der Waals surface area contributed by atoms with E-state index >= 15 is 0 Å². The number of carbonyl (C=O) groups is 1. The number of rotatable bonds is 3. The van der Waals surface area contributed by atoms with Crippen LogP contribution < -0.4 is 5.73 Å². The Kier molecular flexibility index (Phi) is 3.53. The van der Waals surface area contributed by atoms with Crippen molar-refractivity contribution < 1.29 is 4.79 Å². The molecule has 1 amide bonds. The topological polar surface area (TPSA) is 68.3 Å². The maximum absolute atomic E-state index is 11.4. The molecule has 0 unspecified atom stereocenters. The fourth-order valence-corrected chi connectivity index (χ4v) is 2.28. The fourth-order valence-electron chi connectivity index (χ4n) is 1.61. The van der Waals surface area contributed by atoms with Crippen LogP contribution in [0.5, 0.6) is 0 Å². The van der Waals surface area contributed by atoms with E-state index in [1.807, 2.05) is 31.4 Å². The minimum atomic E-state index is -0.488. The molecule has 92 valence electrons. The first-order valence-corrected chi connectivity index (χ1v) is 6.32. The number of amides is 1. The lowest BCUT2D eigenvalue weighted by atomic mass is 10.1. The molecule has 2 aromatic heterocycles. The first-order valence-electron chi connectivity index (χ1n) is 5.44. The summed E-state index contributed by atoms with van der Waals surface area (Å²) in [6, 6.07) is 5.54. The number of primary amides is 1. The largest absolute Gasteiger partial charge is 0.366 e. The fraction of sp³-hybridized carbons (Fsp3) is 0.154. The van der Waals surface area contributed by atoms with Gasteiger partial charge in [0.1, 0.15) is 0 Å². The molecule has 0 spiro atoms. The Bertz CT molecular complexity index is 603. The highest BCUT2D eigenvalue weighted by Crippen LogP contribution is 2.23. The van der Waals surface area contributed by atoms with Gasteiger partial charge < -0.3 is 5.73 Å². The standard InChI is InChI=1S/C13H13N3OS/c1-8(11-4-3-7-18-11)16-12-9(2)15-6-5-10(12)13(14)17/h3-7H,1-2H3,(H2,14,17). The van der Waals surface area contributed by atoms with Crippen LogP contribution in [0.25, 0.3) is 0 Å². The van der Waals surface area contributed by atoms with Gasteiger partial charge in [-0.3, -0.25) is 9.78 Å². The Morgan fingerprint density at radius 3 is 2.83 bits per heavy atom. The molecule has 2 N–H and O–H groups in total. The van der Waals surface area contributed by atoms with Crippen LogP contribution in [-0.4, -0.2) is 16.6 Å². The van der Waals surface area contributed by atoms with Gasteiger partial charge >= 0.3 is 0 Å². The molecular weight excluding hydrogens is 246 g/mol. The number of nitrogens with zero attached hydrogens (tertiary/aromatic N) is 2. The summed E-state index contributed by atoms with van der Waals surface area (Å²) in [5, 5.41) is 1.99. The van der Waals surface area contributed by atoms with Gasteiger partial charge in [-0.1, -0.05) is 6.07 Å². The molecule has 0 aliphatic carbocycles. The smallest absolute Gasteiger partial charge is 0.251 e. The van der Waals surface area contributed by atoms with E-state index in [2.05, 4.69) is 9.98 Å². The summed E-state index contributed by atoms with van der Waals surface area (Å²) < 4.78 is 0. The average molecular weight is 259 g/mol. The Balaban J connectivity index is 2.52. The average Bonchev–Trinajstić information content (AvgIpc) is 2.85. The molecule has 0 aliphatic rings. The minimum Gasteiger partial charge on any atom is -0.366 e. The number of carbonyl (C=O) groups excluding carboxylic acids is 1. The lowest BCUT2D eigenvalue weighted by molar-refractivity contribution is 0.100. The molecule has 2 rings (SSSR count). The predicted molar refractivity (Wildman–Crippen MR) is 73.7 cm³/mol. The summed E-state index contributed by atoms with van der Waals surface area (Å²) in [5.74, 6) is -0.488. The lowest BCUT2D eigenvalue weighted by Crippen LogP contribution is -2.12. The maximum atomic E-state index is 11.4. The van der Waals surface area contributed by atoms with E-state index in [0.29, 0.717) is 16.9 Å². The van der Waals surface area contributed by atoms with Gasteiger partial charge in [0, 0.05) is 11.1 Å². The quantitative estimate of drug-likeness (QED) is 0.861. The molecule has 0 aromatic carbocycles. The molecule has 0 radical (unpaired) electrons. The SMILES string of the molecule is CC(=Nc1c(C(N)=O)ccnc1C)c1cccs1. The van der Waals surface area contributed by atoms with Gasteiger partial charge in [-0.15, -0.1) is 11.3 Å². The van der Waals surface area contributed by atoms with Crippen LogP contribution in [0.15, 0.2) is 34.8 Å². The van der Waals surface area contributed by atoms with Crippen molar-refractivity contribution in [1.29, 1.82) is 0 Å². The number of hydrogen-bond donors (Lipinski definition) is 1. The van der Waals surface area contributed by atoms with Gasteiger partial charge in [0.2, 0.25) is 0 Å². The van der Waals surface area contributed by atoms with Gasteiger partial charge in [0.05, 0.1) is 22.7 Å². The van der Waals surface area contributed by atoms with Crippen molar-refractivity contribution in [2.45, 2.75) is 13.8 Å². The van der Waals surface area contributed by atoms with Crippen molar-refractivity contribution in [3.05, 3.63) is 45.9 Å². The van der Waals surface area contributed by atoms with Gasteiger partial charge in [-0.2, -0.15) is 0 Å². The maximum Gasteiger partial charge on any atom is 0.251 e. The summed E-state index contributed by atoms with van der Waals surface area (Å²) in [6.07, 6.45) is 1.56. The molecule has 0 aliphatic heterocycles. The van der Waals surface area contributed by atoms with E-state index in [9.17, 15) is 4.79 Å². The van der Waals surface area contributed by atoms with Crippen molar-refractivity contribution in [1.82, 2.24) is 4.98 Å². The Morgan fingerprint density at radius 1 is 1.44 bits per heavy atom. The third kappa shape index (κ3) is 2.46. The molecule has 5 heteroatoms. The molecular formula is C13H13N3OS. The van der Waals surface area contributed by atoms with Crippen LogP contribution in [-0.2, 0) is 0 Å². The van der Waals surface area contributed by atoms with Crippen LogP contribution in [0.2, 0.25) is 0 Å². The Labute approximate surface area is 109 Å². The summed E-state index contributed by atoms with van der Waals surface area (Å²) in [7, 11) is 0. The second-order valence-electron chi connectivity index (χ2n) is 3.83. The molecule has 0 bridgehead atoms. The third-order valence-corrected chi connectivity index (χ3v) is 3.51. The highest BCUT2D eigenvalue weighted by molar-refractivity contribution is 7.12. The number of pyridine rings is 1. The van der Waals surface area contributed by atoms with E-state index in [1.165, 1.54) is 0 Å². The Hall–Kier alpha value is -2.01. The molecule has 0 saturated carbocycles. The van der Waals surface area contributed by atoms with Crippen molar-refractivity contribution in [3.63, 3.8) is 0 Å². The monoisotopic (exact) mass is 259 g/mol. The van der Waals surface area contributed by atoms with E-state index in [-0.39, 0.29) is 0 Å². The molecule has 0 saturated heterocycles. The molecule has 0 fully saturated rings. The van der Waals surface area contributed by atoms with Crippen LogP contribution in [0.4, 0.5) is 5.69 Å². The van der Waals surface area contributed by atoms with Gasteiger partial charge in [-0.25, -0.2) is 4.99 Å². The van der Waals surface area contributed by atoms with Crippen molar-refractivity contribution in [3.8, 4) is 0 Å². The van der Waals surface area contributed by atoms with E-state index in [4.69, 9.17) is 5.73 Å². The van der Waals surface area contributed by atoms with Crippen molar-refractivity contribution in [2.24, 2.45) is 10.7 Å². The van der Waals surface area contributed by atoms with Crippen LogP contribution in [0.3, 0.4) is 0 Å². The highest BCUT2D eigenvalue weighted by Gasteiger charge is 2.11.